The first-order valence-corrected chi connectivity index (χ1v) is 3.80. The molecule has 3 aromatic heterocycles. The number of rotatable bonds is 2. The van der Waals surface area contributed by atoms with E-state index in [0.717, 1.165) is 6.39 Å². The lowest BCUT2D eigenvalue weighted by Gasteiger charge is -1.78. The smallest absolute Gasteiger partial charge is 0.299 e. The van der Waals surface area contributed by atoms with Gasteiger partial charge in [-0.1, -0.05) is 10.3 Å². The predicted octanol–water partition coefficient (Wildman–Crippen LogP) is 0.170. The Balaban J connectivity index is 2.02. The third kappa shape index (κ3) is 1.25. The second-order valence-electron chi connectivity index (χ2n) is 2.42. The van der Waals surface area contributed by atoms with Gasteiger partial charge in [0.05, 0.1) is 0 Å². The van der Waals surface area contributed by atoms with Crippen molar-refractivity contribution in [3.05, 3.63) is 12.8 Å². The van der Waals surface area contributed by atoms with Crippen LogP contribution in [0.15, 0.2) is 26.3 Å². The van der Waals surface area contributed by atoms with E-state index in [1.54, 1.807) is 0 Å². The van der Waals surface area contributed by atoms with Crippen LogP contribution in [0, 0.1) is 0 Å². The van der Waals surface area contributed by atoms with Gasteiger partial charge in [-0.3, -0.25) is 0 Å². The summed E-state index contributed by atoms with van der Waals surface area (Å²) in [6, 6.07) is 0. The Labute approximate surface area is 81.1 Å². The monoisotopic (exact) mass is 206 g/mol. The molecule has 0 aliphatic heterocycles. The van der Waals surface area contributed by atoms with Gasteiger partial charge in [-0.25, -0.2) is 0 Å². The maximum absolute atomic E-state index is 4.88. The third-order valence-electron chi connectivity index (χ3n) is 1.53. The molecule has 0 fully saturated rings. The molecule has 3 heterocycles. The van der Waals surface area contributed by atoms with Crippen LogP contribution < -0.4 is 0 Å². The Morgan fingerprint density at radius 1 is 1.00 bits per heavy atom. The summed E-state index contributed by atoms with van der Waals surface area (Å²) >= 11 is 0. The first kappa shape index (κ1) is 7.79. The van der Waals surface area contributed by atoms with Crippen LogP contribution >= 0.6 is 0 Å². The van der Waals surface area contributed by atoms with Crippen molar-refractivity contribution in [2.45, 2.75) is 0 Å². The van der Waals surface area contributed by atoms with Gasteiger partial charge in [0.2, 0.25) is 12.8 Å². The minimum absolute atomic E-state index is 0.122. The second kappa shape index (κ2) is 2.97. The second-order valence-corrected chi connectivity index (χ2v) is 2.42. The van der Waals surface area contributed by atoms with Gasteiger partial charge in [0.1, 0.15) is 0 Å². The highest BCUT2D eigenvalue weighted by Gasteiger charge is 2.16. The molecule has 3 aromatic rings. The molecule has 0 atom stereocenters. The van der Waals surface area contributed by atoms with Crippen molar-refractivity contribution in [2.24, 2.45) is 0 Å². The van der Waals surface area contributed by atoms with E-state index in [1.165, 1.54) is 6.39 Å². The van der Waals surface area contributed by atoms with Crippen molar-refractivity contribution in [1.29, 1.82) is 0 Å². The van der Waals surface area contributed by atoms with Gasteiger partial charge in [0.15, 0.2) is 0 Å². The number of nitrogens with zero attached hydrogens (tertiary/aromatic N) is 6. The van der Waals surface area contributed by atoms with Crippen molar-refractivity contribution >= 4 is 0 Å². The van der Waals surface area contributed by atoms with Gasteiger partial charge in [0.25, 0.3) is 23.4 Å². The minimum atomic E-state index is 0.122. The molecule has 0 bridgehead atoms. The average Bonchev–Trinajstić information content (AvgIpc) is 3.02. The van der Waals surface area contributed by atoms with Gasteiger partial charge in [0, 0.05) is 0 Å². The summed E-state index contributed by atoms with van der Waals surface area (Å²) in [7, 11) is 0. The fourth-order valence-corrected chi connectivity index (χ4v) is 0.936. The lowest BCUT2D eigenvalue weighted by atomic mass is 10.6. The fraction of sp³-hybridized carbons (Fsp3) is 0. The van der Waals surface area contributed by atoms with E-state index in [0.29, 0.717) is 0 Å². The molecule has 9 heteroatoms. The molecular weight excluding hydrogens is 204 g/mol. The van der Waals surface area contributed by atoms with Gasteiger partial charge >= 0.3 is 0 Å². The zero-order valence-electron chi connectivity index (χ0n) is 7.06. The van der Waals surface area contributed by atoms with Crippen LogP contribution in [-0.4, -0.2) is 30.5 Å². The summed E-state index contributed by atoms with van der Waals surface area (Å²) in [5, 5.41) is 14.2. The van der Waals surface area contributed by atoms with Crippen LogP contribution in [0.3, 0.4) is 0 Å². The molecule has 15 heavy (non-hydrogen) atoms. The molecule has 0 spiro atoms. The quantitative estimate of drug-likeness (QED) is 0.577. The first-order chi connectivity index (χ1) is 7.43. The van der Waals surface area contributed by atoms with E-state index in [1.807, 2.05) is 0 Å². The third-order valence-corrected chi connectivity index (χ3v) is 1.53. The van der Waals surface area contributed by atoms with Crippen molar-refractivity contribution in [2.75, 3.05) is 0 Å². The summed E-state index contributed by atoms with van der Waals surface area (Å²) in [5.41, 5.74) is 0. The highest BCUT2D eigenvalue weighted by Crippen LogP contribution is 2.16. The van der Waals surface area contributed by atoms with E-state index < -0.39 is 0 Å². The predicted molar refractivity (Wildman–Crippen MR) is 40.9 cm³/mol. The van der Waals surface area contributed by atoms with Crippen LogP contribution in [0.25, 0.3) is 23.4 Å². The maximum atomic E-state index is 4.88. The molecule has 0 saturated heterocycles. The number of hydrogen-bond acceptors (Lipinski definition) is 9. The molecule has 0 aliphatic carbocycles. The summed E-state index contributed by atoms with van der Waals surface area (Å²) in [5.74, 6) is 0.658. The minimum Gasteiger partial charge on any atom is -0.421 e. The van der Waals surface area contributed by atoms with Crippen molar-refractivity contribution in [3.63, 3.8) is 0 Å². The lowest BCUT2D eigenvalue weighted by Crippen LogP contribution is -1.82. The Morgan fingerprint density at radius 3 is 2.73 bits per heavy atom. The largest absolute Gasteiger partial charge is 0.421 e. The molecule has 3 rings (SSSR count). The van der Waals surface area contributed by atoms with Crippen LogP contribution in [-0.2, 0) is 0 Å². The van der Waals surface area contributed by atoms with Crippen LogP contribution in [0.2, 0.25) is 0 Å². The van der Waals surface area contributed by atoms with E-state index in [-0.39, 0.29) is 23.4 Å². The maximum Gasteiger partial charge on any atom is 0.299 e. The Kier molecular flexibility index (Phi) is 1.54. The van der Waals surface area contributed by atoms with Gasteiger partial charge < -0.3 is 13.5 Å². The van der Waals surface area contributed by atoms with E-state index in [9.17, 15) is 0 Å². The van der Waals surface area contributed by atoms with E-state index in [2.05, 4.69) is 35.0 Å². The summed E-state index contributed by atoms with van der Waals surface area (Å²) in [4.78, 5) is 7.68. The molecule has 74 valence electrons. The molecule has 0 N–H and O–H groups in total. The van der Waals surface area contributed by atoms with Crippen molar-refractivity contribution in [3.8, 4) is 23.4 Å². The molecule has 0 aliphatic rings. The van der Waals surface area contributed by atoms with Crippen molar-refractivity contribution in [1.82, 2.24) is 30.5 Å². The average molecular weight is 206 g/mol. The zero-order valence-corrected chi connectivity index (χ0v) is 7.06. The van der Waals surface area contributed by atoms with Gasteiger partial charge in [-0.15, -0.1) is 10.2 Å². The Morgan fingerprint density at radius 2 is 2.00 bits per heavy atom. The molecule has 0 saturated carbocycles. The molecular formula is C6H2N6O3. The number of aromatic nitrogens is 6. The Bertz CT molecular complexity index is 492. The van der Waals surface area contributed by atoms with E-state index >= 15 is 0 Å². The molecule has 0 unspecified atom stereocenters. The first-order valence-electron chi connectivity index (χ1n) is 3.80. The van der Waals surface area contributed by atoms with Crippen LogP contribution in [0.4, 0.5) is 0 Å². The summed E-state index contributed by atoms with van der Waals surface area (Å²) in [6.07, 6.45) is 2.33. The summed E-state index contributed by atoms with van der Waals surface area (Å²) in [6.45, 7) is 0. The van der Waals surface area contributed by atoms with Crippen LogP contribution in [0.1, 0.15) is 0 Å². The highest BCUT2D eigenvalue weighted by molar-refractivity contribution is 5.45. The lowest BCUT2D eigenvalue weighted by molar-refractivity contribution is 0.404. The van der Waals surface area contributed by atoms with Crippen LogP contribution in [0.5, 0.6) is 0 Å². The molecule has 0 radical (unpaired) electrons. The molecule has 0 amide bonds. The van der Waals surface area contributed by atoms with E-state index in [4.69, 9.17) is 8.94 Å². The standard InChI is InChI=1S/C6H2N6O3/c1-7-3(11-14-1)5-9-4(12-15-5)6-10-8-2-13-6/h1-2H. The molecule has 0 aromatic carbocycles. The molecule has 9 nitrogen and oxygen atoms in total. The van der Waals surface area contributed by atoms with Gasteiger partial charge in [-0.05, 0) is 0 Å². The Hall–Kier alpha value is -2.58. The zero-order chi connectivity index (χ0) is 10.1. The summed E-state index contributed by atoms with van der Waals surface area (Å²) < 4.78 is 14.3. The SMILES string of the molecule is c1nc(-c2nc(-c3nnco3)no2)no1. The van der Waals surface area contributed by atoms with Gasteiger partial charge in [-0.2, -0.15) is 9.97 Å². The fourth-order valence-electron chi connectivity index (χ4n) is 0.936. The highest BCUT2D eigenvalue weighted by atomic mass is 16.5. The number of hydrogen-bond donors (Lipinski definition) is 0. The topological polar surface area (TPSA) is 117 Å². The normalized spacial score (nSPS) is 10.7. The van der Waals surface area contributed by atoms with Crippen molar-refractivity contribution < 1.29 is 13.5 Å².